The van der Waals surface area contributed by atoms with E-state index >= 15 is 0 Å². The second-order valence-electron chi connectivity index (χ2n) is 4.81. The van der Waals surface area contributed by atoms with Crippen LogP contribution in [0.4, 0.5) is 23.0 Å². The zero-order valence-corrected chi connectivity index (χ0v) is 13.1. The minimum Gasteiger partial charge on any atom is -0.497 e. The van der Waals surface area contributed by atoms with E-state index in [1.165, 1.54) is 6.33 Å². The number of benzene rings is 1. The molecule has 0 unspecified atom stereocenters. The van der Waals surface area contributed by atoms with Gasteiger partial charge in [0.05, 0.1) is 12.0 Å². The first-order valence-electron chi connectivity index (χ1n) is 7.30. The molecule has 8 heteroatoms. The summed E-state index contributed by atoms with van der Waals surface area (Å²) in [7, 11) is 1.58. The zero-order chi connectivity index (χ0) is 16.7. The molecule has 0 saturated carbocycles. The third kappa shape index (κ3) is 4.29. The van der Waals surface area contributed by atoms with E-state index < -0.39 is 4.92 Å². The Bertz CT molecular complexity index is 661. The summed E-state index contributed by atoms with van der Waals surface area (Å²) in [6.07, 6.45) is 3.19. The largest absolute Gasteiger partial charge is 0.497 e. The van der Waals surface area contributed by atoms with Crippen LogP contribution in [0.15, 0.2) is 30.6 Å². The van der Waals surface area contributed by atoms with Gasteiger partial charge in [-0.05, 0) is 30.7 Å². The highest BCUT2D eigenvalue weighted by Gasteiger charge is 2.22. The molecule has 0 saturated heterocycles. The summed E-state index contributed by atoms with van der Waals surface area (Å²) >= 11 is 0. The first-order chi connectivity index (χ1) is 11.2. The van der Waals surface area contributed by atoms with Crippen molar-refractivity contribution < 1.29 is 9.66 Å². The van der Waals surface area contributed by atoms with Crippen LogP contribution in [0.1, 0.15) is 19.8 Å². The van der Waals surface area contributed by atoms with Gasteiger partial charge in [-0.25, -0.2) is 9.97 Å². The molecule has 0 spiro atoms. The van der Waals surface area contributed by atoms with Crippen LogP contribution in [0.3, 0.4) is 0 Å². The smallest absolute Gasteiger partial charge is 0.353 e. The predicted octanol–water partition coefficient (Wildman–Crippen LogP) is 3.35. The number of nitrogens with one attached hydrogen (secondary N) is 2. The first-order valence-corrected chi connectivity index (χ1v) is 7.30. The lowest BCUT2D eigenvalue weighted by atomic mass is 10.3. The number of nitro groups is 1. The van der Waals surface area contributed by atoms with Crippen molar-refractivity contribution in [3.8, 4) is 5.75 Å². The van der Waals surface area contributed by atoms with Gasteiger partial charge in [0.1, 0.15) is 12.1 Å². The van der Waals surface area contributed by atoms with Crippen molar-refractivity contribution in [2.45, 2.75) is 19.8 Å². The molecule has 0 bridgehead atoms. The molecule has 2 rings (SSSR count). The second kappa shape index (κ2) is 7.92. The van der Waals surface area contributed by atoms with Gasteiger partial charge in [-0.2, -0.15) is 0 Å². The molecule has 2 aromatic rings. The number of methoxy groups -OCH3 is 1. The van der Waals surface area contributed by atoms with Crippen molar-refractivity contribution in [3.05, 3.63) is 40.7 Å². The molecule has 0 amide bonds. The number of ether oxygens (including phenoxy) is 1. The van der Waals surface area contributed by atoms with Crippen LogP contribution in [0.5, 0.6) is 5.75 Å². The van der Waals surface area contributed by atoms with Gasteiger partial charge in [-0.3, -0.25) is 10.1 Å². The van der Waals surface area contributed by atoms with Gasteiger partial charge in [0.15, 0.2) is 0 Å². The highest BCUT2D eigenvalue weighted by Crippen LogP contribution is 2.31. The van der Waals surface area contributed by atoms with Gasteiger partial charge in [0.2, 0.25) is 11.6 Å². The minimum atomic E-state index is -0.486. The molecule has 1 aromatic heterocycles. The minimum absolute atomic E-state index is 0.147. The van der Waals surface area contributed by atoms with Gasteiger partial charge in [-0.15, -0.1) is 0 Å². The topological polar surface area (TPSA) is 102 Å². The van der Waals surface area contributed by atoms with Crippen molar-refractivity contribution in [1.29, 1.82) is 0 Å². The van der Waals surface area contributed by atoms with Gasteiger partial charge >= 0.3 is 5.69 Å². The van der Waals surface area contributed by atoms with Gasteiger partial charge in [0.25, 0.3) is 0 Å². The molecule has 122 valence electrons. The van der Waals surface area contributed by atoms with E-state index in [1.807, 2.05) is 6.92 Å². The average molecular weight is 317 g/mol. The summed E-state index contributed by atoms with van der Waals surface area (Å²) < 4.78 is 5.08. The predicted molar refractivity (Wildman–Crippen MR) is 88.4 cm³/mol. The van der Waals surface area contributed by atoms with E-state index in [9.17, 15) is 10.1 Å². The molecule has 0 radical (unpaired) electrons. The summed E-state index contributed by atoms with van der Waals surface area (Å²) in [6, 6.07) is 7.04. The van der Waals surface area contributed by atoms with Gasteiger partial charge < -0.3 is 15.4 Å². The normalized spacial score (nSPS) is 10.2. The Morgan fingerprint density at radius 3 is 2.52 bits per heavy atom. The van der Waals surface area contributed by atoms with E-state index in [0.717, 1.165) is 12.8 Å². The van der Waals surface area contributed by atoms with Gasteiger partial charge in [-0.1, -0.05) is 13.3 Å². The SMILES string of the molecule is CCCCNc1ncnc(Nc2ccc(OC)cc2)c1[N+](=O)[O-]. The molecule has 8 nitrogen and oxygen atoms in total. The van der Waals surface area contributed by atoms with Crippen molar-refractivity contribution in [1.82, 2.24) is 9.97 Å². The fourth-order valence-corrected chi connectivity index (χ4v) is 1.97. The molecular formula is C15H19N5O3. The molecule has 2 N–H and O–H groups in total. The molecule has 0 atom stereocenters. The third-order valence-electron chi connectivity index (χ3n) is 3.18. The van der Waals surface area contributed by atoms with Crippen molar-refractivity contribution in [3.63, 3.8) is 0 Å². The Hall–Kier alpha value is -2.90. The summed E-state index contributed by atoms with van der Waals surface area (Å²) in [5.41, 5.74) is 0.506. The lowest BCUT2D eigenvalue weighted by molar-refractivity contribution is -0.383. The molecular weight excluding hydrogens is 298 g/mol. The van der Waals surface area contributed by atoms with E-state index in [1.54, 1.807) is 31.4 Å². The average Bonchev–Trinajstić information content (AvgIpc) is 2.55. The van der Waals surface area contributed by atoms with Crippen LogP contribution in [0.25, 0.3) is 0 Å². The third-order valence-corrected chi connectivity index (χ3v) is 3.18. The standard InChI is InChI=1S/C15H19N5O3/c1-3-4-9-16-14-13(20(21)22)15(18-10-17-14)19-11-5-7-12(23-2)8-6-11/h5-8,10H,3-4,9H2,1-2H3,(H2,16,17,18,19). The van der Waals surface area contributed by atoms with Crippen LogP contribution in [-0.2, 0) is 0 Å². The Morgan fingerprint density at radius 1 is 1.22 bits per heavy atom. The number of rotatable bonds is 8. The van der Waals surface area contributed by atoms with Crippen LogP contribution in [0.2, 0.25) is 0 Å². The summed E-state index contributed by atoms with van der Waals surface area (Å²) in [5, 5.41) is 17.3. The van der Waals surface area contributed by atoms with E-state index in [4.69, 9.17) is 4.74 Å². The lowest BCUT2D eigenvalue weighted by Gasteiger charge is -2.10. The number of hydrogen-bond acceptors (Lipinski definition) is 7. The van der Waals surface area contributed by atoms with Crippen molar-refractivity contribution >= 4 is 23.0 Å². The van der Waals surface area contributed by atoms with Gasteiger partial charge in [0, 0.05) is 12.2 Å². The Labute approximate surface area is 134 Å². The highest BCUT2D eigenvalue weighted by atomic mass is 16.6. The molecule has 0 aliphatic rings. The molecule has 1 aromatic carbocycles. The van der Waals surface area contributed by atoms with E-state index in [-0.39, 0.29) is 17.3 Å². The fourth-order valence-electron chi connectivity index (χ4n) is 1.97. The van der Waals surface area contributed by atoms with Crippen molar-refractivity contribution in [2.75, 3.05) is 24.3 Å². The fraction of sp³-hybridized carbons (Fsp3) is 0.333. The zero-order valence-electron chi connectivity index (χ0n) is 13.1. The van der Waals surface area contributed by atoms with Crippen LogP contribution < -0.4 is 15.4 Å². The second-order valence-corrected chi connectivity index (χ2v) is 4.81. The molecule has 23 heavy (non-hydrogen) atoms. The summed E-state index contributed by atoms with van der Waals surface area (Å²) in [5.74, 6) is 1.07. The maximum Gasteiger partial charge on any atom is 0.353 e. The lowest BCUT2D eigenvalue weighted by Crippen LogP contribution is -2.09. The van der Waals surface area contributed by atoms with E-state index in [2.05, 4.69) is 20.6 Å². The number of anilines is 3. The maximum atomic E-state index is 11.4. The molecule has 0 aliphatic carbocycles. The number of hydrogen-bond donors (Lipinski definition) is 2. The Morgan fingerprint density at radius 2 is 1.91 bits per heavy atom. The Balaban J connectivity index is 2.25. The molecule has 1 heterocycles. The van der Waals surface area contributed by atoms with Crippen molar-refractivity contribution in [2.24, 2.45) is 0 Å². The highest BCUT2D eigenvalue weighted by molar-refractivity contribution is 5.73. The van der Waals surface area contributed by atoms with Crippen LogP contribution in [0, 0.1) is 10.1 Å². The van der Waals surface area contributed by atoms with E-state index in [0.29, 0.717) is 18.0 Å². The number of aromatic nitrogens is 2. The molecule has 0 fully saturated rings. The summed E-state index contributed by atoms with van der Waals surface area (Å²) in [4.78, 5) is 18.9. The quantitative estimate of drug-likeness (QED) is 0.437. The Kier molecular flexibility index (Phi) is 5.67. The van der Waals surface area contributed by atoms with Crippen LogP contribution >= 0.6 is 0 Å². The monoisotopic (exact) mass is 317 g/mol. The maximum absolute atomic E-state index is 11.4. The number of unbranched alkanes of at least 4 members (excludes halogenated alkanes) is 1. The number of nitrogens with zero attached hydrogens (tertiary/aromatic N) is 3. The summed E-state index contributed by atoms with van der Waals surface area (Å²) in [6.45, 7) is 2.67. The first kappa shape index (κ1) is 16.5. The molecule has 0 aliphatic heterocycles. The van der Waals surface area contributed by atoms with Crippen LogP contribution in [-0.4, -0.2) is 28.5 Å².